The van der Waals surface area contributed by atoms with Crippen LogP contribution in [0.25, 0.3) is 0 Å². The Morgan fingerprint density at radius 1 is 1.00 bits per heavy atom. The molecule has 0 amide bonds. The number of para-hydroxylation sites is 1. The number of rotatable bonds is 3. The average molecular weight is 332 g/mol. The maximum absolute atomic E-state index is 14.8. The Bertz CT molecular complexity index is 674. The number of likely N-dealkylation sites (tertiary alicyclic amines) is 1. The molecule has 3 nitrogen and oxygen atoms in total. The lowest BCUT2D eigenvalue weighted by atomic mass is 9.75. The van der Waals surface area contributed by atoms with Crippen molar-refractivity contribution in [1.29, 1.82) is 0 Å². The average Bonchev–Trinajstić information content (AvgIpc) is 3.23. The van der Waals surface area contributed by atoms with Crippen molar-refractivity contribution in [3.8, 4) is 0 Å². The molecule has 1 aromatic heterocycles. The Balaban J connectivity index is 1.53. The molecule has 1 spiro atoms. The Hall–Kier alpha value is -1.88. The number of hydrogen-bond donors (Lipinski definition) is 0. The Morgan fingerprint density at radius 2 is 1.83 bits per heavy atom. The number of alkyl halides is 2. The smallest absolute Gasteiger partial charge is 0.257 e. The maximum atomic E-state index is 14.8. The zero-order chi connectivity index (χ0) is 16.6. The first-order valence-corrected chi connectivity index (χ1v) is 8.49. The van der Waals surface area contributed by atoms with Crippen LogP contribution in [0.15, 0.2) is 53.3 Å². The van der Waals surface area contributed by atoms with E-state index >= 15 is 0 Å². The predicted molar refractivity (Wildman–Crippen MR) is 89.3 cm³/mol. The molecule has 2 aliphatic rings. The third-order valence-electron chi connectivity index (χ3n) is 5.51. The fraction of sp³-hybridized carbons (Fsp3) is 0.474. The predicted octanol–water partition coefficient (Wildman–Crippen LogP) is 4.02. The second kappa shape index (κ2) is 5.88. The minimum atomic E-state index is -2.61. The van der Waals surface area contributed by atoms with Crippen LogP contribution in [0.3, 0.4) is 0 Å². The lowest BCUT2D eigenvalue weighted by molar-refractivity contribution is -0.158. The molecule has 2 fully saturated rings. The van der Waals surface area contributed by atoms with Crippen molar-refractivity contribution in [3.05, 3.63) is 54.5 Å². The highest BCUT2D eigenvalue weighted by atomic mass is 19.3. The van der Waals surface area contributed by atoms with E-state index in [1.165, 1.54) is 0 Å². The van der Waals surface area contributed by atoms with E-state index in [0.29, 0.717) is 39.1 Å². The molecular weight excluding hydrogens is 310 g/mol. The van der Waals surface area contributed by atoms with Crippen molar-refractivity contribution >= 4 is 5.69 Å². The van der Waals surface area contributed by atoms with Gasteiger partial charge in [-0.2, -0.15) is 0 Å². The Labute approximate surface area is 140 Å². The fourth-order valence-corrected chi connectivity index (χ4v) is 4.12. The molecule has 1 aromatic carbocycles. The number of furan rings is 1. The van der Waals surface area contributed by atoms with Crippen LogP contribution in [0, 0.1) is 5.41 Å². The molecule has 0 radical (unpaired) electrons. The van der Waals surface area contributed by atoms with E-state index in [1.807, 2.05) is 36.4 Å². The first-order chi connectivity index (χ1) is 11.6. The zero-order valence-corrected chi connectivity index (χ0v) is 13.6. The summed E-state index contributed by atoms with van der Waals surface area (Å²) in [6.45, 7) is 2.67. The molecule has 24 heavy (non-hydrogen) atoms. The molecule has 0 aliphatic carbocycles. The number of anilines is 1. The third kappa shape index (κ3) is 2.71. The van der Waals surface area contributed by atoms with Crippen molar-refractivity contribution in [2.75, 3.05) is 31.1 Å². The van der Waals surface area contributed by atoms with Gasteiger partial charge in [-0.3, -0.25) is 4.90 Å². The Morgan fingerprint density at radius 3 is 2.58 bits per heavy atom. The van der Waals surface area contributed by atoms with Gasteiger partial charge in [0.2, 0.25) is 0 Å². The molecule has 2 aromatic rings. The van der Waals surface area contributed by atoms with Crippen LogP contribution in [0.5, 0.6) is 0 Å². The van der Waals surface area contributed by atoms with Gasteiger partial charge in [-0.1, -0.05) is 18.2 Å². The van der Waals surface area contributed by atoms with Crippen molar-refractivity contribution in [2.45, 2.75) is 25.3 Å². The summed E-state index contributed by atoms with van der Waals surface area (Å²) >= 11 is 0. The van der Waals surface area contributed by atoms with E-state index in [9.17, 15) is 8.78 Å². The highest BCUT2D eigenvalue weighted by molar-refractivity contribution is 5.47. The van der Waals surface area contributed by atoms with E-state index in [0.717, 1.165) is 11.3 Å². The molecule has 4 rings (SSSR count). The number of benzene rings is 1. The normalized spacial score (nSPS) is 27.0. The largest absolute Gasteiger partial charge is 0.472 e. The van der Waals surface area contributed by atoms with E-state index in [2.05, 4.69) is 9.80 Å². The van der Waals surface area contributed by atoms with Gasteiger partial charge in [0.1, 0.15) is 0 Å². The van der Waals surface area contributed by atoms with Gasteiger partial charge in [-0.15, -0.1) is 0 Å². The highest BCUT2D eigenvalue weighted by Crippen LogP contribution is 2.50. The van der Waals surface area contributed by atoms with Crippen LogP contribution in [-0.4, -0.2) is 37.0 Å². The minimum Gasteiger partial charge on any atom is -0.472 e. The first-order valence-electron chi connectivity index (χ1n) is 8.49. The van der Waals surface area contributed by atoms with E-state index < -0.39 is 11.3 Å². The number of hydrogen-bond acceptors (Lipinski definition) is 3. The monoisotopic (exact) mass is 332 g/mol. The number of nitrogens with zero attached hydrogens (tertiary/aromatic N) is 2. The van der Waals surface area contributed by atoms with Crippen molar-refractivity contribution < 1.29 is 13.2 Å². The van der Waals surface area contributed by atoms with Gasteiger partial charge in [0.15, 0.2) is 0 Å². The maximum Gasteiger partial charge on any atom is 0.257 e. The zero-order valence-electron chi connectivity index (χ0n) is 13.6. The summed E-state index contributed by atoms with van der Waals surface area (Å²) in [5, 5.41) is 0. The topological polar surface area (TPSA) is 19.6 Å². The number of halogens is 2. The van der Waals surface area contributed by atoms with Crippen LogP contribution in [0.4, 0.5) is 14.5 Å². The Kier molecular flexibility index (Phi) is 3.83. The first kappa shape index (κ1) is 15.6. The standard InChI is InChI=1S/C19H22F2N2O/c20-19(21)8-9-22(12-16-6-11-24-13-16)14-18(19)7-10-23(15-18)17-4-2-1-3-5-17/h1-6,11,13H,7-10,12,14-15H2/t18-/m1/s1. The number of piperidine rings is 1. The molecule has 2 saturated heterocycles. The summed E-state index contributed by atoms with van der Waals surface area (Å²) in [7, 11) is 0. The third-order valence-corrected chi connectivity index (χ3v) is 5.51. The van der Waals surface area contributed by atoms with Crippen LogP contribution < -0.4 is 4.90 Å². The lowest BCUT2D eigenvalue weighted by Gasteiger charge is -2.46. The summed E-state index contributed by atoms with van der Waals surface area (Å²) in [6, 6.07) is 11.8. The molecule has 0 unspecified atom stereocenters. The molecule has 0 saturated carbocycles. The van der Waals surface area contributed by atoms with Crippen molar-refractivity contribution in [2.24, 2.45) is 5.41 Å². The van der Waals surface area contributed by atoms with Crippen LogP contribution >= 0.6 is 0 Å². The molecular formula is C19H22F2N2O. The van der Waals surface area contributed by atoms with E-state index in [1.54, 1.807) is 12.5 Å². The van der Waals surface area contributed by atoms with Crippen molar-refractivity contribution in [3.63, 3.8) is 0 Å². The SMILES string of the molecule is FC1(F)CCN(Cc2ccoc2)C[C@@]12CCN(c1ccccc1)C2. The van der Waals surface area contributed by atoms with E-state index in [4.69, 9.17) is 4.42 Å². The van der Waals surface area contributed by atoms with Crippen LogP contribution in [0.2, 0.25) is 0 Å². The quantitative estimate of drug-likeness (QED) is 0.846. The van der Waals surface area contributed by atoms with Gasteiger partial charge in [-0.25, -0.2) is 8.78 Å². The van der Waals surface area contributed by atoms with Crippen LogP contribution in [0.1, 0.15) is 18.4 Å². The van der Waals surface area contributed by atoms with E-state index in [-0.39, 0.29) is 6.42 Å². The van der Waals surface area contributed by atoms with Gasteiger partial charge >= 0.3 is 0 Å². The highest BCUT2D eigenvalue weighted by Gasteiger charge is 2.59. The van der Waals surface area contributed by atoms with Gasteiger partial charge < -0.3 is 9.32 Å². The fourth-order valence-electron chi connectivity index (χ4n) is 4.12. The molecule has 3 heterocycles. The molecule has 5 heteroatoms. The van der Waals surface area contributed by atoms with Crippen molar-refractivity contribution in [1.82, 2.24) is 4.90 Å². The molecule has 2 aliphatic heterocycles. The summed E-state index contributed by atoms with van der Waals surface area (Å²) in [4.78, 5) is 4.26. The summed E-state index contributed by atoms with van der Waals surface area (Å²) in [5.41, 5.74) is 1.13. The summed E-state index contributed by atoms with van der Waals surface area (Å²) < 4.78 is 34.8. The lowest BCUT2D eigenvalue weighted by Crippen LogP contribution is -2.56. The molecule has 0 bridgehead atoms. The van der Waals surface area contributed by atoms with Gasteiger partial charge in [-0.05, 0) is 24.6 Å². The second-order valence-electron chi connectivity index (χ2n) is 7.08. The van der Waals surface area contributed by atoms with Gasteiger partial charge in [0, 0.05) is 50.4 Å². The second-order valence-corrected chi connectivity index (χ2v) is 7.08. The molecule has 128 valence electrons. The minimum absolute atomic E-state index is 0.0620. The van der Waals surface area contributed by atoms with Crippen LogP contribution in [-0.2, 0) is 6.54 Å². The van der Waals surface area contributed by atoms with Gasteiger partial charge in [0.05, 0.1) is 17.9 Å². The summed E-state index contributed by atoms with van der Waals surface area (Å²) in [5.74, 6) is -2.61. The molecule has 1 atom stereocenters. The molecule has 0 N–H and O–H groups in total. The summed E-state index contributed by atoms with van der Waals surface area (Å²) in [6.07, 6.45) is 3.81. The van der Waals surface area contributed by atoms with Gasteiger partial charge in [0.25, 0.3) is 5.92 Å².